The van der Waals surface area contributed by atoms with Crippen molar-refractivity contribution in [1.82, 2.24) is 10.3 Å². The highest BCUT2D eigenvalue weighted by atomic mass is 16.5. The van der Waals surface area contributed by atoms with E-state index in [0.29, 0.717) is 30.8 Å². The number of pyridine rings is 1. The van der Waals surface area contributed by atoms with E-state index in [9.17, 15) is 4.79 Å². The molecule has 1 aliphatic rings. The predicted molar refractivity (Wildman–Crippen MR) is 78.9 cm³/mol. The fourth-order valence-corrected chi connectivity index (χ4v) is 2.41. The van der Waals surface area contributed by atoms with E-state index in [4.69, 9.17) is 4.74 Å². The molecule has 1 aromatic heterocycles. The molecule has 1 aromatic rings. The molecule has 1 amide bonds. The molecule has 0 atom stereocenters. The van der Waals surface area contributed by atoms with Gasteiger partial charge in [-0.2, -0.15) is 0 Å². The maximum Gasteiger partial charge on any atom is 0.270 e. The van der Waals surface area contributed by atoms with Crippen LogP contribution < -0.4 is 10.6 Å². The largest absolute Gasteiger partial charge is 0.376 e. The van der Waals surface area contributed by atoms with Gasteiger partial charge < -0.3 is 15.4 Å². The maximum absolute atomic E-state index is 11.9. The van der Waals surface area contributed by atoms with Crippen molar-refractivity contribution in [2.45, 2.75) is 38.2 Å². The lowest BCUT2D eigenvalue weighted by Crippen LogP contribution is -2.30. The van der Waals surface area contributed by atoms with Crippen molar-refractivity contribution in [3.05, 3.63) is 23.9 Å². The van der Waals surface area contributed by atoms with Crippen molar-refractivity contribution in [2.75, 3.05) is 25.5 Å². The Morgan fingerprint density at radius 2 is 2.15 bits per heavy atom. The van der Waals surface area contributed by atoms with Crippen molar-refractivity contribution < 1.29 is 9.53 Å². The van der Waals surface area contributed by atoms with Gasteiger partial charge in [-0.25, -0.2) is 4.98 Å². The minimum atomic E-state index is -0.158. The lowest BCUT2D eigenvalue weighted by molar-refractivity contribution is 0.0299. The molecule has 0 aromatic carbocycles. The minimum absolute atomic E-state index is 0.158. The molecule has 0 radical (unpaired) electrons. The zero-order chi connectivity index (χ0) is 14.2. The number of ether oxygens (including phenoxy) is 1. The van der Waals surface area contributed by atoms with Gasteiger partial charge in [-0.05, 0) is 25.0 Å². The van der Waals surface area contributed by atoms with Crippen LogP contribution >= 0.6 is 0 Å². The SMILES string of the molecule is CNc1cccc(C(=O)NCCOC2CCCCC2)n1. The van der Waals surface area contributed by atoms with E-state index in [1.807, 2.05) is 12.1 Å². The van der Waals surface area contributed by atoms with Crippen molar-refractivity contribution in [3.63, 3.8) is 0 Å². The van der Waals surface area contributed by atoms with E-state index in [1.165, 1.54) is 19.3 Å². The first-order valence-electron chi connectivity index (χ1n) is 7.34. The van der Waals surface area contributed by atoms with E-state index in [-0.39, 0.29) is 5.91 Å². The summed E-state index contributed by atoms with van der Waals surface area (Å²) < 4.78 is 5.77. The molecule has 2 rings (SSSR count). The summed E-state index contributed by atoms with van der Waals surface area (Å²) in [6.07, 6.45) is 6.53. The Kier molecular flexibility index (Phi) is 5.80. The van der Waals surface area contributed by atoms with E-state index in [1.54, 1.807) is 13.1 Å². The average molecular weight is 277 g/mol. The number of nitrogens with zero attached hydrogens (tertiary/aromatic N) is 1. The Morgan fingerprint density at radius 1 is 1.35 bits per heavy atom. The van der Waals surface area contributed by atoms with Gasteiger partial charge >= 0.3 is 0 Å². The summed E-state index contributed by atoms with van der Waals surface area (Å²) in [6.45, 7) is 1.10. The molecule has 110 valence electrons. The summed E-state index contributed by atoms with van der Waals surface area (Å²) in [7, 11) is 1.78. The molecule has 2 N–H and O–H groups in total. The smallest absolute Gasteiger partial charge is 0.270 e. The second-order valence-corrected chi connectivity index (χ2v) is 5.04. The summed E-state index contributed by atoms with van der Waals surface area (Å²) in [5, 5.41) is 5.75. The Labute approximate surface area is 120 Å². The number of aromatic nitrogens is 1. The molecule has 0 spiro atoms. The summed E-state index contributed by atoms with van der Waals surface area (Å²) >= 11 is 0. The van der Waals surface area contributed by atoms with Gasteiger partial charge in [0.1, 0.15) is 11.5 Å². The number of nitrogens with one attached hydrogen (secondary N) is 2. The van der Waals surface area contributed by atoms with Crippen molar-refractivity contribution in [1.29, 1.82) is 0 Å². The van der Waals surface area contributed by atoms with Crippen LogP contribution in [-0.2, 0) is 4.74 Å². The Balaban J connectivity index is 1.69. The molecular weight excluding hydrogens is 254 g/mol. The van der Waals surface area contributed by atoms with E-state index in [0.717, 1.165) is 12.8 Å². The third-order valence-corrected chi connectivity index (χ3v) is 3.53. The lowest BCUT2D eigenvalue weighted by atomic mass is 9.98. The molecule has 0 aliphatic heterocycles. The first-order valence-corrected chi connectivity index (χ1v) is 7.34. The highest BCUT2D eigenvalue weighted by Gasteiger charge is 2.13. The molecule has 1 saturated carbocycles. The van der Waals surface area contributed by atoms with Gasteiger partial charge in [-0.3, -0.25) is 4.79 Å². The van der Waals surface area contributed by atoms with Gasteiger partial charge in [-0.15, -0.1) is 0 Å². The van der Waals surface area contributed by atoms with Crippen LogP contribution in [0.5, 0.6) is 0 Å². The number of anilines is 1. The number of rotatable bonds is 6. The zero-order valence-electron chi connectivity index (χ0n) is 12.0. The molecule has 1 fully saturated rings. The van der Waals surface area contributed by atoms with Gasteiger partial charge in [0.05, 0.1) is 12.7 Å². The average Bonchev–Trinajstić information content (AvgIpc) is 2.52. The molecule has 5 heteroatoms. The predicted octanol–water partition coefficient (Wildman–Crippen LogP) is 2.20. The standard InChI is InChI=1S/C15H23N3O2/c1-16-14-9-5-8-13(18-14)15(19)17-10-11-20-12-6-3-2-4-7-12/h5,8-9,12H,2-4,6-7,10-11H2,1H3,(H,16,18)(H,17,19). The second-order valence-electron chi connectivity index (χ2n) is 5.04. The lowest BCUT2D eigenvalue weighted by Gasteiger charge is -2.21. The topological polar surface area (TPSA) is 63.2 Å². The highest BCUT2D eigenvalue weighted by molar-refractivity contribution is 5.92. The molecule has 20 heavy (non-hydrogen) atoms. The fraction of sp³-hybridized carbons (Fsp3) is 0.600. The van der Waals surface area contributed by atoms with Crippen LogP contribution in [0.1, 0.15) is 42.6 Å². The molecule has 0 unspecified atom stereocenters. The van der Waals surface area contributed by atoms with Crippen molar-refractivity contribution in [3.8, 4) is 0 Å². The fourth-order valence-electron chi connectivity index (χ4n) is 2.41. The van der Waals surface area contributed by atoms with Crippen LogP contribution in [0.15, 0.2) is 18.2 Å². The first kappa shape index (κ1) is 14.8. The highest BCUT2D eigenvalue weighted by Crippen LogP contribution is 2.19. The van der Waals surface area contributed by atoms with Gasteiger partial charge in [0.25, 0.3) is 5.91 Å². The number of hydrogen-bond donors (Lipinski definition) is 2. The summed E-state index contributed by atoms with van der Waals surface area (Å²) in [5.41, 5.74) is 0.425. The van der Waals surface area contributed by atoms with Crippen LogP contribution in [0.3, 0.4) is 0 Å². The third-order valence-electron chi connectivity index (χ3n) is 3.53. The molecule has 1 heterocycles. The Morgan fingerprint density at radius 3 is 2.90 bits per heavy atom. The van der Waals surface area contributed by atoms with Crippen LogP contribution in [0.4, 0.5) is 5.82 Å². The van der Waals surface area contributed by atoms with Crippen LogP contribution in [0.2, 0.25) is 0 Å². The van der Waals surface area contributed by atoms with Crippen LogP contribution in [0, 0.1) is 0 Å². The van der Waals surface area contributed by atoms with Crippen molar-refractivity contribution in [2.24, 2.45) is 0 Å². The van der Waals surface area contributed by atoms with E-state index >= 15 is 0 Å². The normalized spacial score (nSPS) is 15.8. The van der Waals surface area contributed by atoms with Gasteiger partial charge in [0.2, 0.25) is 0 Å². The van der Waals surface area contributed by atoms with Crippen LogP contribution in [0.25, 0.3) is 0 Å². The minimum Gasteiger partial charge on any atom is -0.376 e. The van der Waals surface area contributed by atoms with E-state index in [2.05, 4.69) is 15.6 Å². The number of carbonyl (C=O) groups excluding carboxylic acids is 1. The first-order chi connectivity index (χ1) is 9.79. The summed E-state index contributed by atoms with van der Waals surface area (Å²) in [6, 6.07) is 5.34. The van der Waals surface area contributed by atoms with E-state index < -0.39 is 0 Å². The number of hydrogen-bond acceptors (Lipinski definition) is 4. The Bertz CT molecular complexity index is 431. The quantitative estimate of drug-likeness (QED) is 0.783. The molecule has 0 saturated heterocycles. The van der Waals surface area contributed by atoms with Gasteiger partial charge in [0, 0.05) is 13.6 Å². The molecule has 1 aliphatic carbocycles. The van der Waals surface area contributed by atoms with Gasteiger partial charge in [-0.1, -0.05) is 25.3 Å². The molecule has 5 nitrogen and oxygen atoms in total. The summed E-state index contributed by atoms with van der Waals surface area (Å²) in [5.74, 6) is 0.533. The van der Waals surface area contributed by atoms with Crippen molar-refractivity contribution >= 4 is 11.7 Å². The maximum atomic E-state index is 11.9. The molecule has 0 bridgehead atoms. The summed E-state index contributed by atoms with van der Waals surface area (Å²) in [4.78, 5) is 16.1. The third kappa shape index (κ3) is 4.49. The van der Waals surface area contributed by atoms with Gasteiger partial charge in [0.15, 0.2) is 0 Å². The molecular formula is C15H23N3O2. The zero-order valence-corrected chi connectivity index (χ0v) is 12.0. The monoisotopic (exact) mass is 277 g/mol. The Hall–Kier alpha value is -1.62. The second kappa shape index (κ2) is 7.85. The number of amides is 1. The van der Waals surface area contributed by atoms with Crippen LogP contribution in [-0.4, -0.2) is 37.2 Å². The number of carbonyl (C=O) groups is 1.